The van der Waals surface area contributed by atoms with Gasteiger partial charge in [-0.2, -0.15) is 9.49 Å². The fourth-order valence-corrected chi connectivity index (χ4v) is 3.06. The molecule has 25 heavy (non-hydrogen) atoms. The molecule has 1 amide bonds. The molecule has 0 saturated heterocycles. The Morgan fingerprint density at radius 2 is 2.12 bits per heavy atom. The molecule has 1 unspecified atom stereocenters. The number of aliphatic hydroxyl groups excluding tert-OH is 1. The van der Waals surface area contributed by atoms with Gasteiger partial charge >= 0.3 is 0 Å². The number of rotatable bonds is 5. The van der Waals surface area contributed by atoms with Crippen molar-refractivity contribution in [3.63, 3.8) is 0 Å². The Labute approximate surface area is 143 Å². The zero-order chi connectivity index (χ0) is 18.1. The second-order valence-electron chi connectivity index (χ2n) is 6.23. The third-order valence-corrected chi connectivity index (χ3v) is 4.50. The van der Waals surface area contributed by atoms with Gasteiger partial charge in [-0.1, -0.05) is 0 Å². The van der Waals surface area contributed by atoms with Crippen LogP contribution in [0.5, 0.6) is 5.75 Å². The molecule has 0 aliphatic heterocycles. The molecule has 1 aromatic carbocycles. The number of hydrogen-bond acceptors (Lipinski definition) is 4. The number of benzene rings is 1. The minimum Gasteiger partial charge on any atom is -0.494 e. The molecule has 2 N–H and O–H groups in total. The lowest BCUT2D eigenvalue weighted by Gasteiger charge is -2.37. The Morgan fingerprint density at radius 3 is 2.68 bits per heavy atom. The summed E-state index contributed by atoms with van der Waals surface area (Å²) in [6.07, 6.45) is 4.01. The third kappa shape index (κ3) is 3.34. The van der Waals surface area contributed by atoms with Gasteiger partial charge in [0.05, 0.1) is 31.0 Å². The van der Waals surface area contributed by atoms with Crippen molar-refractivity contribution < 1.29 is 23.4 Å². The van der Waals surface area contributed by atoms with Crippen molar-refractivity contribution in [2.75, 3.05) is 7.11 Å². The van der Waals surface area contributed by atoms with E-state index in [9.17, 15) is 18.7 Å². The summed E-state index contributed by atoms with van der Waals surface area (Å²) >= 11 is 0. The highest BCUT2D eigenvalue weighted by atomic mass is 19.2. The predicted octanol–water partition coefficient (Wildman–Crippen LogP) is 1.95. The van der Waals surface area contributed by atoms with E-state index in [2.05, 4.69) is 10.4 Å². The molecule has 1 atom stereocenters. The number of carbonyl (C=O) groups is 1. The summed E-state index contributed by atoms with van der Waals surface area (Å²) in [5, 5.41) is 16.4. The first-order valence-electron chi connectivity index (χ1n) is 7.90. The molecular formula is C17H19F2N3O3. The predicted molar refractivity (Wildman–Crippen MR) is 85.1 cm³/mol. The monoisotopic (exact) mass is 351 g/mol. The van der Waals surface area contributed by atoms with Crippen molar-refractivity contribution in [2.45, 2.75) is 25.0 Å². The lowest BCUT2D eigenvalue weighted by atomic mass is 9.75. The van der Waals surface area contributed by atoms with Gasteiger partial charge in [-0.05, 0) is 30.9 Å². The first-order chi connectivity index (χ1) is 11.9. The summed E-state index contributed by atoms with van der Waals surface area (Å²) < 4.78 is 34.3. The van der Waals surface area contributed by atoms with Crippen LogP contribution in [0.25, 0.3) is 0 Å². The first-order valence-corrected chi connectivity index (χ1v) is 7.90. The number of nitrogens with zero attached hydrogens (tertiary/aromatic N) is 2. The Bertz CT molecular complexity index is 787. The molecular weight excluding hydrogens is 332 g/mol. The Balaban J connectivity index is 1.84. The fraction of sp³-hybridized carbons (Fsp3) is 0.412. The first kappa shape index (κ1) is 17.3. The van der Waals surface area contributed by atoms with Crippen molar-refractivity contribution in [1.29, 1.82) is 0 Å². The minimum atomic E-state index is -1.25. The zero-order valence-corrected chi connectivity index (χ0v) is 13.9. The van der Waals surface area contributed by atoms with Gasteiger partial charge in [0.25, 0.3) is 5.91 Å². The van der Waals surface area contributed by atoms with Crippen LogP contribution in [0.15, 0.2) is 24.5 Å². The quantitative estimate of drug-likeness (QED) is 0.863. The molecule has 1 aliphatic rings. The number of aryl methyl sites for hydroxylation is 1. The molecule has 134 valence electrons. The van der Waals surface area contributed by atoms with Crippen LogP contribution in [-0.2, 0) is 7.05 Å². The second kappa shape index (κ2) is 6.79. The van der Waals surface area contributed by atoms with Gasteiger partial charge in [-0.25, -0.2) is 4.39 Å². The van der Waals surface area contributed by atoms with E-state index in [1.165, 1.54) is 19.2 Å². The molecule has 1 heterocycles. The van der Waals surface area contributed by atoms with Crippen LogP contribution < -0.4 is 10.1 Å². The van der Waals surface area contributed by atoms with E-state index in [0.29, 0.717) is 12.8 Å². The van der Waals surface area contributed by atoms with E-state index in [1.807, 2.05) is 0 Å². The Kier molecular flexibility index (Phi) is 4.71. The van der Waals surface area contributed by atoms with E-state index in [0.717, 1.165) is 5.56 Å². The van der Waals surface area contributed by atoms with Crippen molar-refractivity contribution >= 4 is 5.91 Å². The molecule has 0 bridgehead atoms. The van der Waals surface area contributed by atoms with Crippen LogP contribution in [0, 0.1) is 17.6 Å². The van der Waals surface area contributed by atoms with E-state index in [4.69, 9.17) is 4.74 Å². The normalized spacial score (nSPS) is 20.7. The Hall–Kier alpha value is -2.48. The average Bonchev–Trinajstić information content (AvgIpc) is 2.98. The SMILES string of the molecule is COc1ccc(C(=O)NC(c2cnn(C)c2)C2CC(O)C2)c(F)c1F. The van der Waals surface area contributed by atoms with Crippen molar-refractivity contribution in [3.05, 3.63) is 47.3 Å². The van der Waals surface area contributed by atoms with E-state index < -0.39 is 35.3 Å². The lowest BCUT2D eigenvalue weighted by Crippen LogP contribution is -2.41. The van der Waals surface area contributed by atoms with Crippen LogP contribution in [0.3, 0.4) is 0 Å². The smallest absolute Gasteiger partial charge is 0.254 e. The highest BCUT2D eigenvalue weighted by molar-refractivity contribution is 5.95. The van der Waals surface area contributed by atoms with Gasteiger partial charge in [-0.3, -0.25) is 9.48 Å². The summed E-state index contributed by atoms with van der Waals surface area (Å²) in [6, 6.07) is 1.95. The van der Waals surface area contributed by atoms with Gasteiger partial charge < -0.3 is 15.2 Å². The maximum atomic E-state index is 14.1. The fourth-order valence-electron chi connectivity index (χ4n) is 3.06. The van der Waals surface area contributed by atoms with Gasteiger partial charge in [0.15, 0.2) is 11.6 Å². The van der Waals surface area contributed by atoms with E-state index in [-0.39, 0.29) is 11.7 Å². The van der Waals surface area contributed by atoms with Gasteiger partial charge in [-0.15, -0.1) is 0 Å². The zero-order valence-electron chi connectivity index (χ0n) is 13.9. The minimum absolute atomic E-state index is 0.00862. The van der Waals surface area contributed by atoms with Crippen LogP contribution >= 0.6 is 0 Å². The maximum Gasteiger partial charge on any atom is 0.254 e. The second-order valence-corrected chi connectivity index (χ2v) is 6.23. The highest BCUT2D eigenvalue weighted by Gasteiger charge is 2.36. The third-order valence-electron chi connectivity index (χ3n) is 4.50. The summed E-state index contributed by atoms with van der Waals surface area (Å²) in [6.45, 7) is 0. The van der Waals surface area contributed by atoms with E-state index >= 15 is 0 Å². The highest BCUT2D eigenvalue weighted by Crippen LogP contribution is 2.38. The molecule has 2 aromatic rings. The molecule has 1 saturated carbocycles. The molecule has 6 nitrogen and oxygen atoms in total. The van der Waals surface area contributed by atoms with Crippen molar-refractivity contribution in [2.24, 2.45) is 13.0 Å². The summed E-state index contributed by atoms with van der Waals surface area (Å²) in [4.78, 5) is 12.5. The standard InChI is InChI=1S/C17H19F2N3O3/c1-22-8-10(7-20-22)16(9-5-11(23)6-9)21-17(24)12-3-4-13(25-2)15(19)14(12)18/h3-4,7-9,11,16,23H,5-6H2,1-2H3,(H,21,24). The number of methoxy groups -OCH3 is 1. The number of halogens is 2. The van der Waals surface area contributed by atoms with Crippen molar-refractivity contribution in [1.82, 2.24) is 15.1 Å². The molecule has 0 radical (unpaired) electrons. The number of carbonyl (C=O) groups excluding carboxylic acids is 1. The Morgan fingerprint density at radius 1 is 1.40 bits per heavy atom. The summed E-state index contributed by atoms with van der Waals surface area (Å²) in [7, 11) is 2.97. The topological polar surface area (TPSA) is 76.4 Å². The molecule has 3 rings (SSSR count). The van der Waals surface area contributed by atoms with Gasteiger partial charge in [0.2, 0.25) is 5.82 Å². The number of ether oxygens (including phenoxy) is 1. The molecule has 0 spiro atoms. The van der Waals surface area contributed by atoms with Gasteiger partial charge in [0, 0.05) is 18.8 Å². The number of aromatic nitrogens is 2. The lowest BCUT2D eigenvalue weighted by molar-refractivity contribution is 0.0234. The summed E-state index contributed by atoms with van der Waals surface area (Å²) in [5.74, 6) is -3.44. The molecule has 8 heteroatoms. The number of nitrogens with one attached hydrogen (secondary N) is 1. The van der Waals surface area contributed by atoms with E-state index in [1.54, 1.807) is 24.1 Å². The number of aliphatic hydroxyl groups is 1. The number of amides is 1. The van der Waals surface area contributed by atoms with Crippen LogP contribution in [0.4, 0.5) is 8.78 Å². The number of hydrogen-bond donors (Lipinski definition) is 2. The molecule has 1 aromatic heterocycles. The van der Waals surface area contributed by atoms with Crippen LogP contribution in [0.2, 0.25) is 0 Å². The maximum absolute atomic E-state index is 14.1. The van der Waals surface area contributed by atoms with Crippen molar-refractivity contribution in [3.8, 4) is 5.75 Å². The summed E-state index contributed by atoms with van der Waals surface area (Å²) in [5.41, 5.74) is 0.356. The molecule has 1 aliphatic carbocycles. The average molecular weight is 351 g/mol. The van der Waals surface area contributed by atoms with Crippen LogP contribution in [0.1, 0.15) is 34.8 Å². The molecule has 1 fully saturated rings. The van der Waals surface area contributed by atoms with Gasteiger partial charge in [0.1, 0.15) is 0 Å². The van der Waals surface area contributed by atoms with Crippen LogP contribution in [-0.4, -0.2) is 34.0 Å². The largest absolute Gasteiger partial charge is 0.494 e.